The number of thiazole rings is 1. The highest BCUT2D eigenvalue weighted by molar-refractivity contribution is 7.18. The summed E-state index contributed by atoms with van der Waals surface area (Å²) < 4.78 is 0.977. The highest BCUT2D eigenvalue weighted by Gasteiger charge is 2.25. The first kappa shape index (κ1) is 12.5. The molecule has 2 heterocycles. The summed E-state index contributed by atoms with van der Waals surface area (Å²) in [5, 5.41) is 9.85. The van der Waals surface area contributed by atoms with Crippen molar-refractivity contribution >= 4 is 27.3 Å². The molecule has 0 aliphatic rings. The lowest BCUT2D eigenvalue weighted by atomic mass is 10.0. The maximum absolute atomic E-state index is 12.4. The fourth-order valence-corrected chi connectivity index (χ4v) is 2.93. The average Bonchev–Trinajstić information content (AvgIpc) is 2.92. The van der Waals surface area contributed by atoms with E-state index in [1.54, 1.807) is 24.5 Å². The van der Waals surface area contributed by atoms with E-state index in [0.717, 1.165) is 10.2 Å². The number of para-hydroxylation sites is 1. The second-order valence-corrected chi connectivity index (χ2v) is 5.24. The normalized spacial score (nSPS) is 11.9. The molecular weight excluding hydrogens is 270 g/mol. The van der Waals surface area contributed by atoms with Gasteiger partial charge in [-0.2, -0.15) is 5.26 Å². The maximum atomic E-state index is 12.4. The molecule has 0 saturated carbocycles. The van der Waals surface area contributed by atoms with Gasteiger partial charge in [-0.1, -0.05) is 12.1 Å². The second-order valence-electron chi connectivity index (χ2n) is 4.18. The van der Waals surface area contributed by atoms with E-state index in [1.807, 2.05) is 24.3 Å². The SMILES string of the molecule is N#CC(C(=O)c1ccncc1)c1nc2ccccc2s1. The van der Waals surface area contributed by atoms with Crippen LogP contribution in [0.15, 0.2) is 48.8 Å². The van der Waals surface area contributed by atoms with Gasteiger partial charge in [0.15, 0.2) is 11.7 Å². The third kappa shape index (κ3) is 2.17. The number of Topliss-reactive ketones (excluding diaryl/α,β-unsaturated/α-hetero) is 1. The van der Waals surface area contributed by atoms with Crippen molar-refractivity contribution in [1.29, 1.82) is 5.26 Å². The number of nitrogens with zero attached hydrogens (tertiary/aromatic N) is 3. The highest BCUT2D eigenvalue weighted by atomic mass is 32.1. The zero-order valence-corrected chi connectivity index (χ0v) is 11.2. The number of benzene rings is 1. The Morgan fingerprint density at radius 3 is 2.65 bits per heavy atom. The van der Waals surface area contributed by atoms with Crippen LogP contribution in [0, 0.1) is 11.3 Å². The smallest absolute Gasteiger partial charge is 0.187 e. The second kappa shape index (κ2) is 5.19. The lowest BCUT2D eigenvalue weighted by molar-refractivity contribution is 0.0979. The van der Waals surface area contributed by atoms with Gasteiger partial charge in [-0.15, -0.1) is 11.3 Å². The summed E-state index contributed by atoms with van der Waals surface area (Å²) in [4.78, 5) is 20.6. The van der Waals surface area contributed by atoms with E-state index in [0.29, 0.717) is 10.6 Å². The molecule has 0 saturated heterocycles. The minimum Gasteiger partial charge on any atom is -0.292 e. The van der Waals surface area contributed by atoms with Gasteiger partial charge in [-0.25, -0.2) is 4.98 Å². The Kier molecular flexibility index (Phi) is 3.23. The van der Waals surface area contributed by atoms with Crippen LogP contribution in [0.2, 0.25) is 0 Å². The Morgan fingerprint density at radius 2 is 1.95 bits per heavy atom. The van der Waals surface area contributed by atoms with Crippen molar-refractivity contribution < 1.29 is 4.79 Å². The van der Waals surface area contributed by atoms with Crippen LogP contribution in [0.1, 0.15) is 21.3 Å². The van der Waals surface area contributed by atoms with Crippen LogP contribution in [0.25, 0.3) is 10.2 Å². The zero-order valence-electron chi connectivity index (χ0n) is 10.4. The molecule has 4 nitrogen and oxygen atoms in total. The first-order valence-corrected chi connectivity index (χ1v) is 6.80. The standard InChI is InChI=1S/C15H9N3OS/c16-9-11(14(19)10-5-7-17-8-6-10)15-18-12-3-1-2-4-13(12)20-15/h1-8,11H. The summed E-state index contributed by atoms with van der Waals surface area (Å²) in [6.45, 7) is 0. The molecular formula is C15H9N3OS. The fourth-order valence-electron chi connectivity index (χ4n) is 1.92. The van der Waals surface area contributed by atoms with Crippen LogP contribution in [0.4, 0.5) is 0 Å². The van der Waals surface area contributed by atoms with E-state index in [4.69, 9.17) is 0 Å². The summed E-state index contributed by atoms with van der Waals surface area (Å²) in [5.74, 6) is -1.11. The van der Waals surface area contributed by atoms with Crippen LogP contribution in [-0.4, -0.2) is 15.8 Å². The molecule has 0 spiro atoms. The number of carbonyl (C=O) groups is 1. The monoisotopic (exact) mass is 279 g/mol. The number of ketones is 1. The van der Waals surface area contributed by atoms with E-state index in [2.05, 4.69) is 16.0 Å². The summed E-state index contributed by atoms with van der Waals surface area (Å²) in [6.07, 6.45) is 3.08. The first-order valence-electron chi connectivity index (χ1n) is 5.99. The predicted molar refractivity (Wildman–Crippen MR) is 76.5 cm³/mol. The predicted octanol–water partition coefficient (Wildman–Crippen LogP) is 3.18. The molecule has 20 heavy (non-hydrogen) atoms. The Bertz CT molecular complexity index is 772. The molecule has 96 valence electrons. The number of nitriles is 1. The van der Waals surface area contributed by atoms with Gasteiger partial charge < -0.3 is 0 Å². The van der Waals surface area contributed by atoms with Gasteiger partial charge in [0.25, 0.3) is 0 Å². The lowest BCUT2D eigenvalue weighted by Crippen LogP contribution is -2.10. The quantitative estimate of drug-likeness (QED) is 0.690. The number of pyridine rings is 1. The van der Waals surface area contributed by atoms with Crippen molar-refractivity contribution in [3.8, 4) is 6.07 Å². The number of hydrogen-bond acceptors (Lipinski definition) is 5. The minimum atomic E-state index is -0.866. The fraction of sp³-hybridized carbons (Fsp3) is 0.0667. The molecule has 0 aliphatic carbocycles. The van der Waals surface area contributed by atoms with Crippen LogP contribution >= 0.6 is 11.3 Å². The first-order chi connectivity index (χ1) is 9.79. The zero-order chi connectivity index (χ0) is 13.9. The van der Waals surface area contributed by atoms with Crippen molar-refractivity contribution in [3.05, 3.63) is 59.4 Å². The molecule has 2 aromatic heterocycles. The van der Waals surface area contributed by atoms with Crippen LogP contribution < -0.4 is 0 Å². The van der Waals surface area contributed by atoms with Gasteiger partial charge in [0, 0.05) is 18.0 Å². The Morgan fingerprint density at radius 1 is 1.20 bits per heavy atom. The van der Waals surface area contributed by atoms with E-state index in [1.165, 1.54) is 11.3 Å². The summed E-state index contributed by atoms with van der Waals surface area (Å²) in [7, 11) is 0. The van der Waals surface area contributed by atoms with Crippen LogP contribution in [0.5, 0.6) is 0 Å². The average molecular weight is 279 g/mol. The third-order valence-electron chi connectivity index (χ3n) is 2.91. The molecule has 0 bridgehead atoms. The molecule has 1 atom stereocenters. The van der Waals surface area contributed by atoms with Crippen LogP contribution in [0.3, 0.4) is 0 Å². The van der Waals surface area contributed by atoms with Gasteiger partial charge in [0.2, 0.25) is 0 Å². The minimum absolute atomic E-state index is 0.242. The van der Waals surface area contributed by atoms with E-state index in [9.17, 15) is 10.1 Å². The number of carbonyl (C=O) groups excluding carboxylic acids is 1. The number of fused-ring (bicyclic) bond motifs is 1. The van der Waals surface area contributed by atoms with Crippen molar-refractivity contribution in [2.75, 3.05) is 0 Å². The largest absolute Gasteiger partial charge is 0.292 e. The molecule has 1 aromatic carbocycles. The molecule has 0 N–H and O–H groups in total. The Balaban J connectivity index is 2.02. The Labute approximate surface area is 119 Å². The molecule has 0 fully saturated rings. The van der Waals surface area contributed by atoms with Gasteiger partial charge in [-0.05, 0) is 24.3 Å². The summed E-state index contributed by atoms with van der Waals surface area (Å²) in [6, 6.07) is 12.9. The van der Waals surface area contributed by atoms with Crippen molar-refractivity contribution in [3.63, 3.8) is 0 Å². The lowest BCUT2D eigenvalue weighted by Gasteiger charge is -2.04. The van der Waals surface area contributed by atoms with Gasteiger partial charge in [-0.3, -0.25) is 9.78 Å². The molecule has 1 unspecified atom stereocenters. The molecule has 5 heteroatoms. The number of aromatic nitrogens is 2. The molecule has 0 aliphatic heterocycles. The van der Waals surface area contributed by atoms with E-state index < -0.39 is 5.92 Å². The van der Waals surface area contributed by atoms with Gasteiger partial charge in [0.05, 0.1) is 16.3 Å². The topological polar surface area (TPSA) is 66.6 Å². The van der Waals surface area contributed by atoms with Gasteiger partial charge in [0.1, 0.15) is 5.01 Å². The summed E-state index contributed by atoms with van der Waals surface area (Å²) in [5.41, 5.74) is 1.29. The molecule has 3 aromatic rings. The summed E-state index contributed by atoms with van der Waals surface area (Å²) >= 11 is 1.38. The van der Waals surface area contributed by atoms with Crippen LogP contribution in [-0.2, 0) is 0 Å². The van der Waals surface area contributed by atoms with Crippen molar-refractivity contribution in [2.45, 2.75) is 5.92 Å². The molecule has 0 radical (unpaired) electrons. The van der Waals surface area contributed by atoms with Crippen molar-refractivity contribution in [2.24, 2.45) is 0 Å². The number of rotatable bonds is 3. The maximum Gasteiger partial charge on any atom is 0.187 e. The van der Waals surface area contributed by atoms with E-state index >= 15 is 0 Å². The highest BCUT2D eigenvalue weighted by Crippen LogP contribution is 2.29. The Hall–Kier alpha value is -2.58. The third-order valence-corrected chi connectivity index (χ3v) is 4.01. The molecule has 3 rings (SSSR count). The number of hydrogen-bond donors (Lipinski definition) is 0. The van der Waals surface area contributed by atoms with Crippen molar-refractivity contribution in [1.82, 2.24) is 9.97 Å². The molecule has 0 amide bonds. The van der Waals surface area contributed by atoms with Gasteiger partial charge >= 0.3 is 0 Å². The van der Waals surface area contributed by atoms with E-state index in [-0.39, 0.29) is 5.78 Å².